The topological polar surface area (TPSA) is 46.5 Å². The van der Waals surface area contributed by atoms with Gasteiger partial charge in [-0.1, -0.05) is 19.8 Å². The summed E-state index contributed by atoms with van der Waals surface area (Å²) in [4.78, 5) is 10.3. The molecule has 0 aromatic heterocycles. The second-order valence-corrected chi connectivity index (χ2v) is 6.88. The fourth-order valence-electron chi connectivity index (χ4n) is 1.58. The van der Waals surface area contributed by atoms with E-state index in [1.165, 1.54) is 42.5 Å². The van der Waals surface area contributed by atoms with Gasteiger partial charge >= 0.3 is 5.97 Å². The molecule has 1 N–H and O–H groups in total. The van der Waals surface area contributed by atoms with Crippen LogP contribution in [-0.2, 0) is 9.53 Å². The second kappa shape index (κ2) is 16.2. The highest BCUT2D eigenvalue weighted by Crippen LogP contribution is 2.07. The van der Waals surface area contributed by atoms with E-state index in [1.807, 2.05) is 11.8 Å². The first-order valence-electron chi connectivity index (χ1n) is 7.22. The summed E-state index contributed by atoms with van der Waals surface area (Å²) in [7, 11) is 0. The van der Waals surface area contributed by atoms with Crippen LogP contribution in [0.2, 0.25) is 0 Å². The first kappa shape index (κ1) is 19.1. The number of ether oxygens (including phenoxy) is 1. The Balaban J connectivity index is 2.93. The standard InChI is InChI=1S/C14H28O3S2/c1-2-18-11-7-3-5-9-17-10-6-4-8-12-19-13-14(15)16/h2-13H2,1H3,(H,15,16). The van der Waals surface area contributed by atoms with Crippen LogP contribution < -0.4 is 0 Å². The van der Waals surface area contributed by atoms with Crippen molar-refractivity contribution in [1.82, 2.24) is 0 Å². The lowest BCUT2D eigenvalue weighted by atomic mass is 10.2. The van der Waals surface area contributed by atoms with Crippen LogP contribution in [0.15, 0.2) is 0 Å². The Morgan fingerprint density at radius 2 is 1.53 bits per heavy atom. The van der Waals surface area contributed by atoms with Gasteiger partial charge in [-0.25, -0.2) is 0 Å². The van der Waals surface area contributed by atoms with Gasteiger partial charge in [-0.05, 0) is 42.9 Å². The molecule has 3 nitrogen and oxygen atoms in total. The maximum absolute atomic E-state index is 10.3. The van der Waals surface area contributed by atoms with Crippen LogP contribution in [0.3, 0.4) is 0 Å². The minimum absolute atomic E-state index is 0.229. The summed E-state index contributed by atoms with van der Waals surface area (Å²) in [5.74, 6) is 2.96. The van der Waals surface area contributed by atoms with Gasteiger partial charge in [-0.2, -0.15) is 23.5 Å². The Hall–Kier alpha value is 0.130. The number of unbranched alkanes of at least 4 members (excludes halogenated alkanes) is 4. The monoisotopic (exact) mass is 308 g/mol. The summed E-state index contributed by atoms with van der Waals surface area (Å²) in [5.41, 5.74) is 0. The average molecular weight is 309 g/mol. The maximum atomic E-state index is 10.3. The number of hydrogen-bond donors (Lipinski definition) is 1. The Morgan fingerprint density at radius 3 is 2.05 bits per heavy atom. The first-order chi connectivity index (χ1) is 9.27. The van der Waals surface area contributed by atoms with E-state index in [4.69, 9.17) is 9.84 Å². The van der Waals surface area contributed by atoms with E-state index in [-0.39, 0.29) is 5.75 Å². The van der Waals surface area contributed by atoms with Crippen molar-refractivity contribution in [3.05, 3.63) is 0 Å². The van der Waals surface area contributed by atoms with Crippen LogP contribution in [-0.4, -0.2) is 47.3 Å². The normalized spacial score (nSPS) is 10.8. The molecule has 0 radical (unpaired) electrons. The predicted molar refractivity (Wildman–Crippen MR) is 86.5 cm³/mol. The van der Waals surface area contributed by atoms with Crippen molar-refractivity contribution in [2.75, 3.05) is 36.2 Å². The van der Waals surface area contributed by atoms with Crippen molar-refractivity contribution in [1.29, 1.82) is 0 Å². The second-order valence-electron chi connectivity index (χ2n) is 4.38. The summed E-state index contributed by atoms with van der Waals surface area (Å²) < 4.78 is 5.58. The van der Waals surface area contributed by atoms with E-state index in [2.05, 4.69) is 6.92 Å². The zero-order chi connectivity index (χ0) is 14.2. The minimum Gasteiger partial charge on any atom is -0.481 e. The lowest BCUT2D eigenvalue weighted by molar-refractivity contribution is -0.133. The van der Waals surface area contributed by atoms with Crippen LogP contribution >= 0.6 is 23.5 Å². The molecule has 5 heteroatoms. The average Bonchev–Trinajstić information content (AvgIpc) is 2.39. The van der Waals surface area contributed by atoms with Crippen molar-refractivity contribution in [3.63, 3.8) is 0 Å². The molecule has 0 unspecified atom stereocenters. The smallest absolute Gasteiger partial charge is 0.313 e. The lowest BCUT2D eigenvalue weighted by Crippen LogP contribution is -2.00. The number of thioether (sulfide) groups is 2. The number of rotatable bonds is 15. The third kappa shape index (κ3) is 18.1. The van der Waals surface area contributed by atoms with Crippen LogP contribution in [0.4, 0.5) is 0 Å². The molecular formula is C14H28O3S2. The van der Waals surface area contributed by atoms with Gasteiger partial charge < -0.3 is 9.84 Å². The van der Waals surface area contributed by atoms with Crippen molar-refractivity contribution in [2.24, 2.45) is 0 Å². The lowest BCUT2D eigenvalue weighted by Gasteiger charge is -2.04. The zero-order valence-corrected chi connectivity index (χ0v) is 13.7. The summed E-state index contributed by atoms with van der Waals surface area (Å²) >= 11 is 3.51. The molecule has 0 atom stereocenters. The van der Waals surface area contributed by atoms with Gasteiger partial charge in [-0.15, -0.1) is 0 Å². The molecule has 0 aliphatic carbocycles. The van der Waals surface area contributed by atoms with Crippen LogP contribution in [0.25, 0.3) is 0 Å². The molecular weight excluding hydrogens is 280 g/mol. The Bertz CT molecular complexity index is 201. The molecule has 0 aromatic carbocycles. The van der Waals surface area contributed by atoms with E-state index < -0.39 is 5.97 Å². The van der Waals surface area contributed by atoms with Crippen molar-refractivity contribution in [2.45, 2.75) is 45.4 Å². The quantitative estimate of drug-likeness (QED) is 0.465. The summed E-state index contributed by atoms with van der Waals surface area (Å²) in [6, 6.07) is 0. The number of carbonyl (C=O) groups is 1. The summed E-state index contributed by atoms with van der Waals surface area (Å²) in [5, 5.41) is 8.46. The molecule has 0 aliphatic rings. The molecule has 0 heterocycles. The summed E-state index contributed by atoms with van der Waals surface area (Å²) in [6.45, 7) is 3.95. The number of hydrogen-bond acceptors (Lipinski definition) is 4. The van der Waals surface area contributed by atoms with E-state index in [1.54, 1.807) is 0 Å². The summed E-state index contributed by atoms with van der Waals surface area (Å²) in [6.07, 6.45) is 7.09. The van der Waals surface area contributed by atoms with E-state index in [9.17, 15) is 4.79 Å². The van der Waals surface area contributed by atoms with Gasteiger partial charge in [0.05, 0.1) is 5.75 Å². The highest BCUT2D eigenvalue weighted by Gasteiger charge is 1.96. The van der Waals surface area contributed by atoms with Gasteiger partial charge in [0.25, 0.3) is 0 Å². The largest absolute Gasteiger partial charge is 0.481 e. The highest BCUT2D eigenvalue weighted by atomic mass is 32.2. The van der Waals surface area contributed by atoms with Crippen LogP contribution in [0.1, 0.15) is 45.4 Å². The molecule has 0 saturated carbocycles. The van der Waals surface area contributed by atoms with E-state index >= 15 is 0 Å². The van der Waals surface area contributed by atoms with E-state index in [0.29, 0.717) is 0 Å². The molecule has 0 amide bonds. The fraction of sp³-hybridized carbons (Fsp3) is 0.929. The van der Waals surface area contributed by atoms with Crippen molar-refractivity contribution in [3.8, 4) is 0 Å². The van der Waals surface area contributed by atoms with Crippen LogP contribution in [0, 0.1) is 0 Å². The third-order valence-corrected chi connectivity index (χ3v) is 4.60. The van der Waals surface area contributed by atoms with Crippen molar-refractivity contribution < 1.29 is 14.6 Å². The SMILES string of the molecule is CCSCCCCCOCCCCCSCC(=O)O. The molecule has 114 valence electrons. The molecule has 0 saturated heterocycles. The molecule has 0 aromatic rings. The maximum Gasteiger partial charge on any atom is 0.313 e. The third-order valence-electron chi connectivity index (χ3n) is 2.58. The molecule has 0 bridgehead atoms. The number of carboxylic acids is 1. The first-order valence-corrected chi connectivity index (χ1v) is 9.53. The Morgan fingerprint density at radius 1 is 0.947 bits per heavy atom. The molecule has 0 fully saturated rings. The van der Waals surface area contributed by atoms with Gasteiger partial charge in [0.2, 0.25) is 0 Å². The van der Waals surface area contributed by atoms with E-state index in [0.717, 1.165) is 38.2 Å². The van der Waals surface area contributed by atoms with Crippen molar-refractivity contribution >= 4 is 29.5 Å². The Kier molecular flexibility index (Phi) is 16.3. The zero-order valence-electron chi connectivity index (χ0n) is 12.1. The minimum atomic E-state index is -0.717. The molecule has 0 aliphatic heterocycles. The van der Waals surface area contributed by atoms with Gasteiger partial charge in [0, 0.05) is 13.2 Å². The van der Waals surface area contributed by atoms with Crippen LogP contribution in [0.5, 0.6) is 0 Å². The molecule has 0 rings (SSSR count). The number of carboxylic acid groups (broad SMARTS) is 1. The fourth-order valence-corrected chi connectivity index (χ4v) is 3.00. The molecule has 0 spiro atoms. The Labute approximate surface area is 126 Å². The van der Waals surface area contributed by atoms with Gasteiger partial charge in [0.15, 0.2) is 0 Å². The molecule has 19 heavy (non-hydrogen) atoms. The van der Waals surface area contributed by atoms with Gasteiger partial charge in [0.1, 0.15) is 0 Å². The number of aliphatic carboxylic acids is 1. The highest BCUT2D eigenvalue weighted by molar-refractivity contribution is 7.99. The van der Waals surface area contributed by atoms with Gasteiger partial charge in [-0.3, -0.25) is 4.79 Å². The predicted octanol–water partition coefficient (Wildman–Crippen LogP) is 3.91.